The Labute approximate surface area is 435 Å². The van der Waals surface area contributed by atoms with Crippen LogP contribution < -0.4 is 20.1 Å². The zero-order valence-electron chi connectivity index (χ0n) is 41.0. The second kappa shape index (κ2) is 23.7. The van der Waals surface area contributed by atoms with E-state index in [1.54, 1.807) is 56.1 Å². The van der Waals surface area contributed by atoms with Crippen LogP contribution in [0.5, 0.6) is 0 Å². The summed E-state index contributed by atoms with van der Waals surface area (Å²) in [5.74, 6) is -3.87. The lowest BCUT2D eigenvalue weighted by Crippen LogP contribution is -2.53. The van der Waals surface area contributed by atoms with E-state index < -0.39 is 86.9 Å². The van der Waals surface area contributed by atoms with Gasteiger partial charge >= 0.3 is 5.97 Å². The van der Waals surface area contributed by atoms with Gasteiger partial charge in [-0.05, 0) is 91.5 Å². The largest absolute Gasteiger partial charge is 0.466 e. The highest BCUT2D eigenvalue weighted by molar-refractivity contribution is 7.86. The molecule has 0 bridgehead atoms. The fourth-order valence-electron chi connectivity index (χ4n) is 9.29. The first-order chi connectivity index (χ1) is 34.6. The van der Waals surface area contributed by atoms with E-state index in [4.69, 9.17) is 4.74 Å². The maximum absolute atomic E-state index is 14.8. The fraction of sp³-hybridized carbons (Fsp3) is 0.429. The number of carbonyl (C=O) groups excluding carboxylic acids is 3. The number of fused-ring (bicyclic) bond motifs is 4. The number of hydrogen-bond donors (Lipinski definition) is 6. The SMILES string of the molecule is CCOC(=O)CCCCCNC(=O)C1(C(=O)NCCS(=O)(=O)O)CC(=CC=C2N(CCCS(=O)(=O)O)c3ccc(S(=O)(=O)O)cc3C2(C)C)C=C(C=Cc2sc3c4ccccc4ccc3[n+]2CCCS(=O)(=O)O)C1. The number of thiazole rings is 1. The molecular weight excluding hydrogens is 1060 g/mol. The van der Waals surface area contributed by atoms with Gasteiger partial charge in [0.05, 0.1) is 28.8 Å². The summed E-state index contributed by atoms with van der Waals surface area (Å²) < 4.78 is 142. The molecular formula is C49H61N4O16S5+. The summed E-state index contributed by atoms with van der Waals surface area (Å²) in [6.07, 6.45) is 9.69. The van der Waals surface area contributed by atoms with Crippen molar-refractivity contribution in [1.82, 2.24) is 10.6 Å². The predicted molar refractivity (Wildman–Crippen MR) is 281 cm³/mol. The van der Waals surface area contributed by atoms with Gasteiger partial charge in [-0.2, -0.15) is 38.2 Å². The number of aryl methyl sites for hydroxylation is 1. The summed E-state index contributed by atoms with van der Waals surface area (Å²) in [5.41, 5.74) is 0.116. The molecule has 2 amide bonds. The zero-order valence-corrected chi connectivity index (χ0v) is 45.1. The number of esters is 1. The minimum absolute atomic E-state index is 0.0251. The van der Waals surface area contributed by atoms with Crippen LogP contribution in [0, 0.1) is 5.41 Å². The maximum Gasteiger partial charge on any atom is 0.305 e. The molecule has 2 aliphatic rings. The molecule has 1 atom stereocenters. The number of allylic oxidation sites excluding steroid dienone is 7. The molecule has 20 nitrogen and oxygen atoms in total. The molecule has 6 rings (SSSR count). The molecule has 4 aromatic rings. The monoisotopic (exact) mass is 1120 g/mol. The number of anilines is 1. The van der Waals surface area contributed by atoms with Crippen LogP contribution in [0.3, 0.4) is 0 Å². The Morgan fingerprint density at radius 1 is 0.770 bits per heavy atom. The van der Waals surface area contributed by atoms with Crippen LogP contribution in [-0.4, -0.2) is 113 Å². The highest BCUT2D eigenvalue weighted by atomic mass is 32.2. The van der Waals surface area contributed by atoms with E-state index in [1.807, 2.05) is 41.0 Å². The van der Waals surface area contributed by atoms with E-state index in [0.29, 0.717) is 52.4 Å². The second-order valence-electron chi connectivity index (χ2n) is 18.6. The summed E-state index contributed by atoms with van der Waals surface area (Å²) in [7, 11) is -17.9. The smallest absolute Gasteiger partial charge is 0.305 e. The molecule has 1 unspecified atom stereocenters. The number of amides is 2. The zero-order chi connectivity index (χ0) is 54.3. The molecule has 25 heteroatoms. The van der Waals surface area contributed by atoms with Crippen molar-refractivity contribution < 1.29 is 75.6 Å². The van der Waals surface area contributed by atoms with Gasteiger partial charge in [0.25, 0.3) is 45.5 Å². The Balaban J connectivity index is 1.49. The number of carbonyl (C=O) groups is 3. The van der Waals surface area contributed by atoms with Crippen LogP contribution in [0.1, 0.15) is 82.7 Å². The van der Waals surface area contributed by atoms with Crippen LogP contribution in [0.4, 0.5) is 5.69 Å². The van der Waals surface area contributed by atoms with E-state index >= 15 is 0 Å². The van der Waals surface area contributed by atoms with E-state index in [2.05, 4.69) is 10.6 Å². The Bertz CT molecular complexity index is 3400. The first-order valence-electron chi connectivity index (χ1n) is 23.7. The maximum atomic E-state index is 14.8. The molecule has 402 valence electrons. The third kappa shape index (κ3) is 14.9. The average Bonchev–Trinajstić information content (AvgIpc) is 3.76. The molecule has 74 heavy (non-hydrogen) atoms. The topological polar surface area (TPSA) is 309 Å². The van der Waals surface area contributed by atoms with Crippen LogP contribution in [0.25, 0.3) is 27.1 Å². The average molecular weight is 1120 g/mol. The molecule has 0 radical (unpaired) electrons. The molecule has 0 spiro atoms. The minimum atomic E-state index is -4.65. The summed E-state index contributed by atoms with van der Waals surface area (Å²) in [4.78, 5) is 42.7. The van der Waals surface area contributed by atoms with Gasteiger partial charge in [-0.1, -0.05) is 74.1 Å². The highest BCUT2D eigenvalue weighted by Crippen LogP contribution is 2.49. The normalized spacial score (nSPS) is 18.3. The van der Waals surface area contributed by atoms with E-state index in [0.717, 1.165) is 21.0 Å². The molecule has 1 aliphatic heterocycles. The van der Waals surface area contributed by atoms with Gasteiger partial charge in [0, 0.05) is 66.8 Å². The number of unbranched alkanes of at least 4 members (excludes halogenated alkanes) is 2. The number of ether oxygens (including phenoxy) is 1. The standard InChI is InChI=1S/C49H60N4O16S5/c1-4-69-44(54)14-6-5-9-23-50-46(55)49(47(56)51-24-29-73(63,64)65)32-34(15-21-42-48(2,3)39-31-37(74(66,67)68)18-20-40(39)52(42)25-10-27-71(57,58)59)30-35(33-49)16-22-43-53(26-11-28-72(60,61)62)41-19-17-36-12-7-8-13-38(36)45(41)70-43/h7-8,12-13,15-22,30-31H,4-6,9-11,14,23-29,32-33H2,1-3H3,(H5-,50,51,55,56,57,58,59,60,61,62,63,64,65,66,67,68)/p+1. The van der Waals surface area contributed by atoms with Crippen LogP contribution >= 0.6 is 11.3 Å². The molecule has 1 aromatic heterocycles. The molecule has 0 fully saturated rings. The number of aromatic nitrogens is 1. The highest BCUT2D eigenvalue weighted by Gasteiger charge is 2.48. The van der Waals surface area contributed by atoms with Gasteiger partial charge in [-0.25, -0.2) is 0 Å². The Morgan fingerprint density at radius 2 is 1.45 bits per heavy atom. The Morgan fingerprint density at radius 3 is 2.12 bits per heavy atom. The number of hydrogen-bond acceptors (Lipinski definition) is 14. The predicted octanol–water partition coefficient (Wildman–Crippen LogP) is 5.72. The first-order valence-corrected chi connectivity index (χ1v) is 30.8. The van der Waals surface area contributed by atoms with Crippen LogP contribution in [0.2, 0.25) is 0 Å². The number of benzene rings is 3. The molecule has 6 N–H and O–H groups in total. The van der Waals surface area contributed by atoms with Crippen molar-refractivity contribution in [3.63, 3.8) is 0 Å². The van der Waals surface area contributed by atoms with E-state index in [9.17, 15) is 66.3 Å². The number of nitrogens with one attached hydrogen (secondary N) is 2. The van der Waals surface area contributed by atoms with Crippen molar-refractivity contribution in [1.29, 1.82) is 0 Å². The second-order valence-corrected chi connectivity index (χ2v) is 25.8. The van der Waals surface area contributed by atoms with Crippen LogP contribution in [-0.2, 0) is 71.6 Å². The van der Waals surface area contributed by atoms with Crippen molar-refractivity contribution in [2.75, 3.05) is 48.4 Å². The third-order valence-corrected chi connectivity index (χ3v) is 17.2. The fourth-order valence-corrected chi connectivity index (χ4v) is 12.4. The van der Waals surface area contributed by atoms with Crippen LogP contribution in [0.15, 0.2) is 101 Å². The lowest BCUT2D eigenvalue weighted by atomic mass is 9.70. The molecule has 0 saturated heterocycles. The summed E-state index contributed by atoms with van der Waals surface area (Å²) in [6, 6.07) is 15.6. The quantitative estimate of drug-likeness (QED) is 0.0161. The summed E-state index contributed by atoms with van der Waals surface area (Å²) in [5, 5.41) is 7.96. The number of nitrogens with zero attached hydrogens (tertiary/aromatic N) is 2. The number of rotatable bonds is 24. The van der Waals surface area contributed by atoms with Crippen molar-refractivity contribution in [3.8, 4) is 0 Å². The van der Waals surface area contributed by atoms with Gasteiger partial charge < -0.3 is 20.3 Å². The van der Waals surface area contributed by atoms with Gasteiger partial charge in [-0.3, -0.25) is 32.6 Å². The molecule has 2 heterocycles. The van der Waals surface area contributed by atoms with Crippen molar-refractivity contribution >= 4 is 102 Å². The summed E-state index contributed by atoms with van der Waals surface area (Å²) in [6.45, 7) is 5.25. The van der Waals surface area contributed by atoms with Gasteiger partial charge in [0.15, 0.2) is 6.54 Å². The van der Waals surface area contributed by atoms with Crippen molar-refractivity contribution in [2.45, 2.75) is 89.0 Å². The van der Waals surface area contributed by atoms with Crippen molar-refractivity contribution in [3.05, 3.63) is 106 Å². The summed E-state index contributed by atoms with van der Waals surface area (Å²) >= 11 is 1.41. The lowest BCUT2D eigenvalue weighted by molar-refractivity contribution is -0.668. The first kappa shape index (κ1) is 57.9. The third-order valence-electron chi connectivity index (χ3n) is 12.8. The van der Waals surface area contributed by atoms with E-state index in [-0.39, 0.29) is 69.2 Å². The lowest BCUT2D eigenvalue weighted by Gasteiger charge is -2.35. The molecule has 0 saturated carbocycles. The van der Waals surface area contributed by atoms with Gasteiger partial charge in [0.1, 0.15) is 10.1 Å². The Kier molecular flexibility index (Phi) is 18.5. The van der Waals surface area contributed by atoms with Gasteiger partial charge in [0.2, 0.25) is 17.3 Å². The van der Waals surface area contributed by atoms with E-state index in [1.165, 1.54) is 29.5 Å². The van der Waals surface area contributed by atoms with Gasteiger partial charge in [-0.15, -0.1) is 0 Å². The Hall–Kier alpha value is -5.38. The minimum Gasteiger partial charge on any atom is -0.466 e. The molecule has 3 aromatic carbocycles. The van der Waals surface area contributed by atoms with Crippen molar-refractivity contribution in [2.24, 2.45) is 5.41 Å². The molecule has 1 aliphatic carbocycles.